The van der Waals surface area contributed by atoms with Crippen molar-refractivity contribution in [1.82, 2.24) is 0 Å². The van der Waals surface area contributed by atoms with Crippen LogP contribution in [0.25, 0.3) is 0 Å². The van der Waals surface area contributed by atoms with Gasteiger partial charge in [0.25, 0.3) is 0 Å². The van der Waals surface area contributed by atoms with Gasteiger partial charge in [-0.25, -0.2) is 4.39 Å². The van der Waals surface area contributed by atoms with Gasteiger partial charge < -0.3 is 20.9 Å². The van der Waals surface area contributed by atoms with Gasteiger partial charge >= 0.3 is 0 Å². The molecule has 0 spiro atoms. The fourth-order valence-corrected chi connectivity index (χ4v) is 1.82. The highest BCUT2D eigenvalue weighted by molar-refractivity contribution is 5.85. The van der Waals surface area contributed by atoms with E-state index in [-0.39, 0.29) is 24.3 Å². The van der Waals surface area contributed by atoms with E-state index < -0.39 is 0 Å². The first-order valence-corrected chi connectivity index (χ1v) is 6.01. The Hall–Kier alpha value is -1.04. The van der Waals surface area contributed by atoms with Crippen LogP contribution >= 0.6 is 12.4 Å². The van der Waals surface area contributed by atoms with Crippen LogP contribution in [0, 0.1) is 5.82 Å². The van der Waals surface area contributed by atoms with Crippen molar-refractivity contribution in [1.29, 1.82) is 0 Å². The lowest BCUT2D eigenvalue weighted by molar-refractivity contribution is 0.350. The molecule has 1 atom stereocenters. The average molecular weight is 293 g/mol. The molecule has 4 nitrogen and oxygen atoms in total. The molecule has 1 aromatic rings. The molecule has 0 aliphatic heterocycles. The summed E-state index contributed by atoms with van der Waals surface area (Å²) < 4.78 is 24.0. The second kappa shape index (κ2) is 8.96. The fraction of sp³-hybridized carbons (Fsp3) is 0.538. The van der Waals surface area contributed by atoms with Crippen molar-refractivity contribution in [3.8, 4) is 11.5 Å². The van der Waals surface area contributed by atoms with Gasteiger partial charge in [0.05, 0.1) is 14.2 Å². The molecule has 0 saturated carbocycles. The molecule has 0 saturated heterocycles. The molecule has 0 bridgehead atoms. The molecule has 110 valence electrons. The zero-order valence-electron chi connectivity index (χ0n) is 11.3. The molecule has 19 heavy (non-hydrogen) atoms. The lowest BCUT2D eigenvalue weighted by Crippen LogP contribution is -2.13. The summed E-state index contributed by atoms with van der Waals surface area (Å²) in [5.41, 5.74) is 11.8. The number of halogens is 2. The van der Waals surface area contributed by atoms with Gasteiger partial charge in [-0.15, -0.1) is 12.4 Å². The Labute approximate surface area is 119 Å². The van der Waals surface area contributed by atoms with E-state index >= 15 is 0 Å². The minimum absolute atomic E-state index is 0. The maximum absolute atomic E-state index is 13.9. The molecule has 0 amide bonds. The quantitative estimate of drug-likeness (QED) is 0.757. The third-order valence-corrected chi connectivity index (χ3v) is 2.87. The van der Waals surface area contributed by atoms with Crippen molar-refractivity contribution in [3.05, 3.63) is 23.5 Å². The number of hydrogen-bond donors (Lipinski definition) is 2. The second-order valence-corrected chi connectivity index (χ2v) is 4.12. The molecule has 0 aliphatic carbocycles. The summed E-state index contributed by atoms with van der Waals surface area (Å²) in [4.78, 5) is 0. The Morgan fingerprint density at radius 3 is 2.26 bits per heavy atom. The summed E-state index contributed by atoms with van der Waals surface area (Å²) >= 11 is 0. The van der Waals surface area contributed by atoms with Gasteiger partial charge in [-0.1, -0.05) is 6.42 Å². The highest BCUT2D eigenvalue weighted by atomic mass is 35.5. The van der Waals surface area contributed by atoms with Crippen LogP contribution in [-0.4, -0.2) is 20.8 Å². The van der Waals surface area contributed by atoms with Crippen molar-refractivity contribution >= 4 is 12.4 Å². The molecule has 0 unspecified atom stereocenters. The third-order valence-electron chi connectivity index (χ3n) is 2.87. The van der Waals surface area contributed by atoms with Crippen LogP contribution in [0.4, 0.5) is 4.39 Å². The molecule has 0 aromatic heterocycles. The van der Waals surface area contributed by atoms with Crippen LogP contribution in [0.15, 0.2) is 12.1 Å². The molecule has 0 fully saturated rings. The third kappa shape index (κ3) is 4.86. The Kier molecular flexibility index (Phi) is 8.47. The number of nitrogens with two attached hydrogens (primary N) is 2. The minimum Gasteiger partial charge on any atom is -0.493 e. The average Bonchev–Trinajstić information content (AvgIpc) is 2.38. The first-order valence-electron chi connectivity index (χ1n) is 6.01. The lowest BCUT2D eigenvalue weighted by atomic mass is 10.0. The van der Waals surface area contributed by atoms with Gasteiger partial charge in [0, 0.05) is 17.7 Å². The van der Waals surface area contributed by atoms with Crippen LogP contribution in [-0.2, 0) is 0 Å². The van der Waals surface area contributed by atoms with Gasteiger partial charge in [-0.2, -0.15) is 0 Å². The second-order valence-electron chi connectivity index (χ2n) is 4.12. The van der Waals surface area contributed by atoms with Crippen LogP contribution in [0.5, 0.6) is 11.5 Å². The van der Waals surface area contributed by atoms with Crippen molar-refractivity contribution < 1.29 is 13.9 Å². The van der Waals surface area contributed by atoms with Gasteiger partial charge in [-0.05, 0) is 25.5 Å². The summed E-state index contributed by atoms with van der Waals surface area (Å²) in [5, 5.41) is 0. The predicted octanol–water partition coefficient (Wildman–Crippen LogP) is 2.39. The topological polar surface area (TPSA) is 70.5 Å². The number of rotatable bonds is 7. The zero-order valence-corrected chi connectivity index (χ0v) is 12.1. The molecule has 1 aromatic carbocycles. The van der Waals surface area contributed by atoms with E-state index in [2.05, 4.69) is 0 Å². The molecular weight excluding hydrogens is 271 g/mol. The van der Waals surface area contributed by atoms with Crippen LogP contribution < -0.4 is 20.9 Å². The van der Waals surface area contributed by atoms with E-state index in [1.54, 1.807) is 6.07 Å². The predicted molar refractivity (Wildman–Crippen MR) is 76.6 cm³/mol. The zero-order chi connectivity index (χ0) is 13.5. The normalized spacial score (nSPS) is 11.6. The van der Waals surface area contributed by atoms with Gasteiger partial charge in [-0.3, -0.25) is 0 Å². The number of benzene rings is 1. The molecule has 0 radical (unpaired) electrons. The van der Waals surface area contributed by atoms with E-state index in [0.717, 1.165) is 12.8 Å². The van der Waals surface area contributed by atoms with Crippen LogP contribution in [0.1, 0.15) is 30.9 Å². The first-order chi connectivity index (χ1) is 8.63. The summed E-state index contributed by atoms with van der Waals surface area (Å²) in [7, 11) is 2.98. The van der Waals surface area contributed by atoms with E-state index in [0.29, 0.717) is 30.0 Å². The Bertz CT molecular complexity index is 391. The SMILES string of the molecule is COc1cc(F)c([C@H](N)CCCCN)cc1OC.Cl. The lowest BCUT2D eigenvalue weighted by Gasteiger charge is -2.16. The van der Waals surface area contributed by atoms with E-state index in [4.69, 9.17) is 20.9 Å². The van der Waals surface area contributed by atoms with Crippen molar-refractivity contribution in [2.24, 2.45) is 11.5 Å². The summed E-state index contributed by atoms with van der Waals surface area (Å²) in [6, 6.07) is 2.55. The fourth-order valence-electron chi connectivity index (χ4n) is 1.82. The van der Waals surface area contributed by atoms with Crippen LogP contribution in [0.2, 0.25) is 0 Å². The van der Waals surface area contributed by atoms with E-state index in [1.807, 2.05) is 0 Å². The molecule has 0 heterocycles. The summed E-state index contributed by atoms with van der Waals surface area (Å²) in [6.07, 6.45) is 2.47. The van der Waals surface area contributed by atoms with E-state index in [1.165, 1.54) is 20.3 Å². The Morgan fingerprint density at radius 2 is 1.74 bits per heavy atom. The smallest absolute Gasteiger partial charge is 0.163 e. The number of ether oxygens (including phenoxy) is 2. The maximum atomic E-state index is 13.9. The number of methoxy groups -OCH3 is 2. The minimum atomic E-state index is -0.368. The molecular formula is C13H22ClFN2O2. The Balaban J connectivity index is 0.00000324. The Morgan fingerprint density at radius 1 is 1.16 bits per heavy atom. The van der Waals surface area contributed by atoms with Crippen molar-refractivity contribution in [2.75, 3.05) is 20.8 Å². The monoisotopic (exact) mass is 292 g/mol. The maximum Gasteiger partial charge on any atom is 0.163 e. The molecule has 0 aliphatic rings. The van der Waals surface area contributed by atoms with Gasteiger partial charge in [0.1, 0.15) is 5.82 Å². The molecule has 6 heteroatoms. The van der Waals surface area contributed by atoms with E-state index in [9.17, 15) is 4.39 Å². The standard InChI is InChI=1S/C13H21FN2O2.ClH/c1-17-12-7-9(10(14)8-13(12)18-2)11(16)5-3-4-6-15;/h7-8,11H,3-6,15-16H2,1-2H3;1H/t11-;/m1./s1. The van der Waals surface area contributed by atoms with Gasteiger partial charge in [0.2, 0.25) is 0 Å². The summed E-state index contributed by atoms with van der Waals surface area (Å²) in [6.45, 7) is 0.626. The first kappa shape index (κ1) is 18.0. The summed E-state index contributed by atoms with van der Waals surface area (Å²) in [5.74, 6) is 0.490. The highest BCUT2D eigenvalue weighted by Crippen LogP contribution is 2.32. The van der Waals surface area contributed by atoms with Crippen molar-refractivity contribution in [2.45, 2.75) is 25.3 Å². The largest absolute Gasteiger partial charge is 0.493 e. The van der Waals surface area contributed by atoms with Crippen molar-refractivity contribution in [3.63, 3.8) is 0 Å². The number of hydrogen-bond acceptors (Lipinski definition) is 4. The molecule has 4 N–H and O–H groups in total. The van der Waals surface area contributed by atoms with Crippen LogP contribution in [0.3, 0.4) is 0 Å². The number of unbranched alkanes of at least 4 members (excludes halogenated alkanes) is 1. The van der Waals surface area contributed by atoms with Gasteiger partial charge in [0.15, 0.2) is 11.5 Å². The molecule has 1 rings (SSSR count). The highest BCUT2D eigenvalue weighted by Gasteiger charge is 2.16.